The van der Waals surface area contributed by atoms with Crippen LogP contribution in [0.3, 0.4) is 0 Å². The SMILES string of the molecule is CC(N)COCC(O)CN1CCN(c2ncc(C(F)(F)F)cn2)CC1. The molecule has 1 aliphatic rings. The normalized spacial score (nSPS) is 19.0. The number of rotatable bonds is 7. The summed E-state index contributed by atoms with van der Waals surface area (Å²) in [6.07, 6.45) is -3.44. The maximum absolute atomic E-state index is 12.5. The summed E-state index contributed by atoms with van der Waals surface area (Å²) in [4.78, 5) is 11.5. The van der Waals surface area contributed by atoms with E-state index in [2.05, 4.69) is 14.9 Å². The smallest absolute Gasteiger partial charge is 0.389 e. The lowest BCUT2D eigenvalue weighted by molar-refractivity contribution is -0.138. The van der Waals surface area contributed by atoms with Gasteiger partial charge in [0.1, 0.15) is 0 Å². The highest BCUT2D eigenvalue weighted by molar-refractivity contribution is 5.31. The maximum atomic E-state index is 12.5. The number of aliphatic hydroxyl groups is 1. The highest BCUT2D eigenvalue weighted by Crippen LogP contribution is 2.28. The van der Waals surface area contributed by atoms with Gasteiger partial charge in [0.15, 0.2) is 0 Å². The number of nitrogens with zero attached hydrogens (tertiary/aromatic N) is 4. The number of β-amino-alcohol motifs (C(OH)–C–C–N with tert-alkyl or cyclic N) is 1. The Morgan fingerprint density at radius 3 is 2.32 bits per heavy atom. The van der Waals surface area contributed by atoms with Gasteiger partial charge in [0.25, 0.3) is 0 Å². The van der Waals surface area contributed by atoms with Crippen molar-refractivity contribution in [1.29, 1.82) is 0 Å². The molecule has 2 heterocycles. The van der Waals surface area contributed by atoms with Gasteiger partial charge < -0.3 is 20.5 Å². The molecule has 0 aromatic carbocycles. The summed E-state index contributed by atoms with van der Waals surface area (Å²) in [5.41, 5.74) is 4.71. The van der Waals surface area contributed by atoms with Crippen LogP contribution in [-0.2, 0) is 10.9 Å². The van der Waals surface area contributed by atoms with Gasteiger partial charge in [-0.3, -0.25) is 4.90 Å². The van der Waals surface area contributed by atoms with Crippen molar-refractivity contribution in [1.82, 2.24) is 14.9 Å². The molecular formula is C15H24F3N5O2. The van der Waals surface area contributed by atoms with Gasteiger partial charge in [0.2, 0.25) is 5.95 Å². The van der Waals surface area contributed by atoms with Gasteiger partial charge in [0, 0.05) is 51.2 Å². The first-order valence-electron chi connectivity index (χ1n) is 8.13. The van der Waals surface area contributed by atoms with Crippen molar-refractivity contribution in [3.63, 3.8) is 0 Å². The number of halogens is 3. The van der Waals surface area contributed by atoms with Crippen LogP contribution in [0.15, 0.2) is 12.4 Å². The van der Waals surface area contributed by atoms with Gasteiger partial charge in [-0.2, -0.15) is 13.2 Å². The van der Waals surface area contributed by atoms with E-state index in [0.29, 0.717) is 39.3 Å². The van der Waals surface area contributed by atoms with Crippen LogP contribution in [0.4, 0.5) is 19.1 Å². The van der Waals surface area contributed by atoms with Crippen LogP contribution < -0.4 is 10.6 Å². The summed E-state index contributed by atoms with van der Waals surface area (Å²) in [5, 5.41) is 9.95. The standard InChI is InChI=1S/C15H24F3N5O2/c1-11(19)9-25-10-13(24)8-22-2-4-23(5-3-22)14-20-6-12(7-21-14)15(16,17)18/h6-7,11,13,24H,2-5,8-10,19H2,1H3. The molecule has 1 aromatic rings. The quantitative estimate of drug-likeness (QED) is 0.722. The van der Waals surface area contributed by atoms with Gasteiger partial charge in [-0.05, 0) is 6.92 Å². The van der Waals surface area contributed by atoms with Crippen molar-refractivity contribution in [2.45, 2.75) is 25.2 Å². The highest BCUT2D eigenvalue weighted by atomic mass is 19.4. The second-order valence-electron chi connectivity index (χ2n) is 6.23. The van der Waals surface area contributed by atoms with E-state index in [1.54, 1.807) is 0 Å². The fourth-order valence-corrected chi connectivity index (χ4v) is 2.50. The minimum atomic E-state index is -4.43. The van der Waals surface area contributed by atoms with Crippen molar-refractivity contribution in [3.05, 3.63) is 18.0 Å². The topological polar surface area (TPSA) is 87.7 Å². The largest absolute Gasteiger partial charge is 0.419 e. The Balaban J connectivity index is 1.75. The van der Waals surface area contributed by atoms with Crippen LogP contribution in [-0.4, -0.2) is 78.1 Å². The molecule has 1 fully saturated rings. The van der Waals surface area contributed by atoms with Crippen LogP contribution >= 0.6 is 0 Å². The molecule has 2 atom stereocenters. The maximum Gasteiger partial charge on any atom is 0.419 e. The second kappa shape index (κ2) is 8.75. The van der Waals surface area contributed by atoms with Gasteiger partial charge in [-0.25, -0.2) is 9.97 Å². The molecule has 3 N–H and O–H groups in total. The predicted molar refractivity (Wildman–Crippen MR) is 86.2 cm³/mol. The van der Waals surface area contributed by atoms with Crippen LogP contribution in [0.2, 0.25) is 0 Å². The molecule has 2 unspecified atom stereocenters. The zero-order valence-corrected chi connectivity index (χ0v) is 14.1. The summed E-state index contributed by atoms with van der Waals surface area (Å²) in [6.45, 7) is 5.41. The van der Waals surface area contributed by atoms with Crippen LogP contribution in [0, 0.1) is 0 Å². The monoisotopic (exact) mass is 363 g/mol. The number of hydrogen-bond acceptors (Lipinski definition) is 7. The van der Waals surface area contributed by atoms with Crippen molar-refractivity contribution in [2.24, 2.45) is 5.73 Å². The Morgan fingerprint density at radius 2 is 1.80 bits per heavy atom. The van der Waals surface area contributed by atoms with E-state index in [-0.39, 0.29) is 18.6 Å². The molecule has 0 bridgehead atoms. The summed E-state index contributed by atoms with van der Waals surface area (Å²) < 4.78 is 42.9. The molecule has 142 valence electrons. The third-order valence-electron chi connectivity index (χ3n) is 3.78. The Hall–Kier alpha value is -1.49. The number of aromatic nitrogens is 2. The van der Waals surface area contributed by atoms with Gasteiger partial charge >= 0.3 is 6.18 Å². The molecule has 0 saturated carbocycles. The van der Waals surface area contributed by atoms with Crippen LogP contribution in [0.1, 0.15) is 12.5 Å². The average molecular weight is 363 g/mol. The number of aliphatic hydroxyl groups excluding tert-OH is 1. The van der Waals surface area contributed by atoms with Crippen molar-refractivity contribution < 1.29 is 23.0 Å². The molecule has 1 aliphatic heterocycles. The van der Waals surface area contributed by atoms with Crippen molar-refractivity contribution in [3.8, 4) is 0 Å². The average Bonchev–Trinajstić information content (AvgIpc) is 2.54. The lowest BCUT2D eigenvalue weighted by Gasteiger charge is -2.35. The summed E-state index contributed by atoms with van der Waals surface area (Å²) in [7, 11) is 0. The molecule has 0 radical (unpaired) electrons. The molecule has 1 saturated heterocycles. The van der Waals surface area contributed by atoms with Gasteiger partial charge in [-0.15, -0.1) is 0 Å². The Labute approximate surface area is 144 Å². The molecule has 0 amide bonds. The molecule has 0 spiro atoms. The van der Waals surface area contributed by atoms with E-state index in [9.17, 15) is 18.3 Å². The van der Waals surface area contributed by atoms with Crippen molar-refractivity contribution >= 4 is 5.95 Å². The van der Waals surface area contributed by atoms with Crippen LogP contribution in [0.25, 0.3) is 0 Å². The molecule has 1 aromatic heterocycles. The first-order valence-corrected chi connectivity index (χ1v) is 8.13. The Kier molecular flexibility index (Phi) is 6.94. The summed E-state index contributed by atoms with van der Waals surface area (Å²) in [6, 6.07) is -0.0699. The molecule has 25 heavy (non-hydrogen) atoms. The fourth-order valence-electron chi connectivity index (χ4n) is 2.50. The van der Waals surface area contributed by atoms with Gasteiger partial charge in [0.05, 0.1) is 24.9 Å². The zero-order chi connectivity index (χ0) is 18.4. The first kappa shape index (κ1) is 19.8. The third kappa shape index (κ3) is 6.38. The molecular weight excluding hydrogens is 339 g/mol. The second-order valence-corrected chi connectivity index (χ2v) is 6.23. The zero-order valence-electron chi connectivity index (χ0n) is 14.1. The number of piperazine rings is 1. The lowest BCUT2D eigenvalue weighted by Crippen LogP contribution is -2.49. The summed E-state index contributed by atoms with van der Waals surface area (Å²) in [5.74, 6) is 0.286. The highest BCUT2D eigenvalue weighted by Gasteiger charge is 2.31. The van der Waals surface area contributed by atoms with E-state index in [1.165, 1.54) is 0 Å². The van der Waals surface area contributed by atoms with E-state index in [4.69, 9.17) is 10.5 Å². The molecule has 7 nitrogen and oxygen atoms in total. The van der Waals surface area contributed by atoms with Gasteiger partial charge in [-0.1, -0.05) is 0 Å². The molecule has 10 heteroatoms. The minimum Gasteiger partial charge on any atom is -0.389 e. The Morgan fingerprint density at radius 1 is 1.20 bits per heavy atom. The first-order chi connectivity index (χ1) is 11.8. The number of hydrogen-bond donors (Lipinski definition) is 2. The van der Waals surface area contributed by atoms with Crippen LogP contribution in [0.5, 0.6) is 0 Å². The van der Waals surface area contributed by atoms with E-state index < -0.39 is 17.8 Å². The number of nitrogens with two attached hydrogens (primary N) is 1. The fraction of sp³-hybridized carbons (Fsp3) is 0.733. The van der Waals surface area contributed by atoms with E-state index >= 15 is 0 Å². The molecule has 2 rings (SSSR count). The molecule has 0 aliphatic carbocycles. The summed E-state index contributed by atoms with van der Waals surface area (Å²) >= 11 is 0. The Bertz CT molecular complexity index is 519. The number of ether oxygens (including phenoxy) is 1. The minimum absolute atomic E-state index is 0.0699. The predicted octanol–water partition coefficient (Wildman–Crippen LogP) is 0.342. The van der Waals surface area contributed by atoms with E-state index in [1.807, 2.05) is 11.8 Å². The number of anilines is 1. The van der Waals surface area contributed by atoms with E-state index in [0.717, 1.165) is 12.4 Å². The third-order valence-corrected chi connectivity index (χ3v) is 3.78. The van der Waals surface area contributed by atoms with Crippen molar-refractivity contribution in [2.75, 3.05) is 50.8 Å². The number of alkyl halides is 3. The lowest BCUT2D eigenvalue weighted by atomic mass is 10.2.